The largest absolute Gasteiger partial charge is 0.399 e. The molecule has 4 heterocycles. The Morgan fingerprint density at radius 3 is 2.38 bits per heavy atom. The van der Waals surface area contributed by atoms with Gasteiger partial charge < -0.3 is 30.2 Å². The Kier molecular flexibility index (Phi) is 8.28. The number of likely N-dealkylation sites (tertiary alicyclic amines) is 1. The van der Waals surface area contributed by atoms with E-state index in [1.54, 1.807) is 4.90 Å². The topological polar surface area (TPSA) is 156 Å². The molecular formula is C29H34F3N4O7PS. The van der Waals surface area contributed by atoms with E-state index in [2.05, 4.69) is 10.6 Å². The van der Waals surface area contributed by atoms with Gasteiger partial charge in [0, 0.05) is 29.8 Å². The Morgan fingerprint density at radius 2 is 1.73 bits per heavy atom. The molecule has 0 spiro atoms. The summed E-state index contributed by atoms with van der Waals surface area (Å²) in [5, 5.41) is 5.71. The molecule has 0 radical (unpaired) electrons. The highest BCUT2D eigenvalue weighted by Crippen LogP contribution is 2.59. The Labute approximate surface area is 260 Å². The summed E-state index contributed by atoms with van der Waals surface area (Å²) in [7, 11) is -5.78. The van der Waals surface area contributed by atoms with E-state index in [4.69, 9.17) is 9.79 Å². The number of carbonyl (C=O) groups is 4. The highest BCUT2D eigenvalue weighted by Gasteiger charge is 2.51. The molecule has 1 unspecified atom stereocenters. The molecule has 11 nitrogen and oxygen atoms in total. The molecule has 45 heavy (non-hydrogen) atoms. The minimum atomic E-state index is -5.78. The standard InChI is InChI=1S/C29H34F3N4O7PS/c1-14(37)35-12-20(30)22(13-35)34-26(38)23-6-5-19-9-15-2-3-16(15)10-21(28(40)36(19)23)33-27(39)25-11-17-8-18(4-7-24(17)45-25)29(31,32)44(41,42)43/h4,7-8,11,15-16,19-23H,2-3,5-6,9-10,12-13H2,1H3,(H,33,39)(H,34,38)(H2,41,42,43)/t15-,16+,19+,20+,21-,22?,23-/m0/s1. The molecule has 7 atom stereocenters. The summed E-state index contributed by atoms with van der Waals surface area (Å²) >= 11 is 0.988. The number of benzene rings is 1. The molecule has 4 N–H and O–H groups in total. The number of amides is 4. The zero-order valence-electron chi connectivity index (χ0n) is 24.3. The van der Waals surface area contributed by atoms with Crippen LogP contribution in [0.2, 0.25) is 0 Å². The van der Waals surface area contributed by atoms with Gasteiger partial charge in [0.2, 0.25) is 17.7 Å². The van der Waals surface area contributed by atoms with Gasteiger partial charge in [-0.25, -0.2) is 4.39 Å². The van der Waals surface area contributed by atoms with Crippen molar-refractivity contribution in [2.75, 3.05) is 13.1 Å². The Hall–Kier alpha value is -3.00. The normalized spacial score (nSPS) is 30.3. The maximum absolute atomic E-state index is 14.6. The lowest BCUT2D eigenvalue weighted by Gasteiger charge is -2.45. The zero-order valence-corrected chi connectivity index (χ0v) is 26.0. The molecule has 4 amide bonds. The van der Waals surface area contributed by atoms with Crippen LogP contribution in [-0.4, -0.2) is 86.6 Å². The van der Waals surface area contributed by atoms with Crippen LogP contribution in [0.15, 0.2) is 24.3 Å². The predicted molar refractivity (Wildman–Crippen MR) is 157 cm³/mol. The van der Waals surface area contributed by atoms with Gasteiger partial charge in [-0.1, -0.05) is 6.07 Å². The van der Waals surface area contributed by atoms with E-state index >= 15 is 0 Å². The third-order valence-electron chi connectivity index (χ3n) is 9.83. The maximum atomic E-state index is 14.6. The van der Waals surface area contributed by atoms with E-state index in [1.807, 2.05) is 0 Å². The second-order valence-corrected chi connectivity index (χ2v) is 15.3. The minimum Gasteiger partial charge on any atom is -0.347 e. The van der Waals surface area contributed by atoms with Crippen LogP contribution in [0.3, 0.4) is 0 Å². The quantitative estimate of drug-likeness (QED) is 0.344. The Balaban J connectivity index is 1.21. The molecule has 4 aliphatic rings. The zero-order chi connectivity index (χ0) is 32.4. The molecule has 6 rings (SSSR count). The van der Waals surface area contributed by atoms with E-state index in [0.717, 1.165) is 42.7 Å². The van der Waals surface area contributed by atoms with Gasteiger partial charge in [-0.3, -0.25) is 23.7 Å². The van der Waals surface area contributed by atoms with E-state index < -0.39 is 60.8 Å². The van der Waals surface area contributed by atoms with Gasteiger partial charge in [0.25, 0.3) is 5.91 Å². The number of nitrogens with zero attached hydrogens (tertiary/aromatic N) is 2. The van der Waals surface area contributed by atoms with Crippen molar-refractivity contribution in [3.63, 3.8) is 0 Å². The molecule has 1 aliphatic carbocycles. The summed E-state index contributed by atoms with van der Waals surface area (Å²) in [5.41, 5.74) is -5.28. The summed E-state index contributed by atoms with van der Waals surface area (Å²) in [6.07, 6.45) is 2.55. The second-order valence-electron chi connectivity index (χ2n) is 12.6. The lowest BCUT2D eigenvalue weighted by molar-refractivity contribution is -0.145. The number of rotatable bonds is 6. The Bertz CT molecular complexity index is 1600. The van der Waals surface area contributed by atoms with Crippen molar-refractivity contribution in [1.82, 2.24) is 20.4 Å². The molecule has 16 heteroatoms. The van der Waals surface area contributed by atoms with Gasteiger partial charge in [-0.2, -0.15) is 8.78 Å². The number of fused-ring (bicyclic) bond motifs is 3. The third-order valence-corrected chi connectivity index (χ3v) is 11.9. The predicted octanol–water partition coefficient (Wildman–Crippen LogP) is 3.09. The summed E-state index contributed by atoms with van der Waals surface area (Å²) in [4.78, 5) is 73.8. The molecule has 0 bridgehead atoms. The smallest absolute Gasteiger partial charge is 0.347 e. The molecule has 3 aliphatic heterocycles. The number of alkyl halides is 3. The van der Waals surface area contributed by atoms with Crippen molar-refractivity contribution in [2.45, 2.75) is 81.5 Å². The number of hydrogen-bond acceptors (Lipinski definition) is 6. The van der Waals surface area contributed by atoms with E-state index in [9.17, 15) is 36.9 Å². The first kappa shape index (κ1) is 32.0. The molecule has 3 saturated heterocycles. The highest BCUT2D eigenvalue weighted by molar-refractivity contribution is 7.52. The summed E-state index contributed by atoms with van der Waals surface area (Å²) in [6, 6.07) is 1.54. The van der Waals surface area contributed by atoms with Gasteiger partial charge in [0.1, 0.15) is 18.3 Å². The monoisotopic (exact) mass is 670 g/mol. The van der Waals surface area contributed by atoms with E-state index in [-0.39, 0.29) is 41.2 Å². The van der Waals surface area contributed by atoms with Gasteiger partial charge in [0.05, 0.1) is 17.5 Å². The molecule has 4 fully saturated rings. The lowest BCUT2D eigenvalue weighted by atomic mass is 9.67. The summed E-state index contributed by atoms with van der Waals surface area (Å²) in [5.74, 6) is -1.25. The van der Waals surface area contributed by atoms with Crippen molar-refractivity contribution >= 4 is 52.6 Å². The van der Waals surface area contributed by atoms with Crippen LogP contribution in [-0.2, 0) is 24.6 Å². The molecule has 2 aromatic rings. The molecule has 1 aromatic carbocycles. The maximum Gasteiger partial charge on any atom is 0.399 e. The summed E-state index contributed by atoms with van der Waals surface area (Å²) < 4.78 is 55.0. The minimum absolute atomic E-state index is 0.0440. The fourth-order valence-electron chi connectivity index (χ4n) is 7.19. The van der Waals surface area contributed by atoms with Gasteiger partial charge >= 0.3 is 13.3 Å². The van der Waals surface area contributed by atoms with Crippen LogP contribution in [0, 0.1) is 11.8 Å². The van der Waals surface area contributed by atoms with Gasteiger partial charge in [0.15, 0.2) is 0 Å². The molecule has 1 aromatic heterocycles. The SMILES string of the molecule is CC(=O)N1CC(NC(=O)[C@@H]2CC[C@@H]3C[C@@H]4CC[C@@H]4C[C@H](NC(=O)c4cc5cc(C(F)(F)P(=O)(O)O)ccc5s4)C(=O)N32)[C@H](F)C1. The molecular weight excluding hydrogens is 636 g/mol. The van der Waals surface area contributed by atoms with E-state index in [0.29, 0.717) is 29.9 Å². The highest BCUT2D eigenvalue weighted by atomic mass is 32.1. The number of nitrogens with one attached hydrogen (secondary N) is 2. The summed E-state index contributed by atoms with van der Waals surface area (Å²) in [6.45, 7) is 1.27. The van der Waals surface area contributed by atoms with Crippen molar-refractivity contribution in [2.24, 2.45) is 11.8 Å². The number of hydrogen-bond donors (Lipinski definition) is 4. The van der Waals surface area contributed by atoms with Crippen LogP contribution in [0.1, 0.15) is 60.7 Å². The van der Waals surface area contributed by atoms with Crippen LogP contribution < -0.4 is 10.6 Å². The number of carbonyl (C=O) groups excluding carboxylic acids is 4. The molecule has 1 saturated carbocycles. The average Bonchev–Trinajstić information content (AvgIpc) is 3.68. The molecule has 244 valence electrons. The van der Waals surface area contributed by atoms with Crippen molar-refractivity contribution < 1.29 is 46.7 Å². The van der Waals surface area contributed by atoms with E-state index in [1.165, 1.54) is 24.0 Å². The first-order valence-corrected chi connectivity index (χ1v) is 17.4. The number of halogens is 3. The fourth-order valence-corrected chi connectivity index (χ4v) is 8.62. The average molecular weight is 671 g/mol. The second kappa shape index (κ2) is 11.7. The van der Waals surface area contributed by atoms with Gasteiger partial charge in [-0.05, 0) is 73.9 Å². The van der Waals surface area contributed by atoms with Gasteiger partial charge in [-0.15, -0.1) is 11.3 Å². The van der Waals surface area contributed by atoms with Crippen LogP contribution in [0.25, 0.3) is 10.1 Å². The first-order valence-electron chi connectivity index (χ1n) is 14.9. The number of thiophene rings is 1. The van der Waals surface area contributed by atoms with Crippen LogP contribution in [0.5, 0.6) is 0 Å². The van der Waals surface area contributed by atoms with Crippen molar-refractivity contribution in [1.29, 1.82) is 0 Å². The van der Waals surface area contributed by atoms with Crippen LogP contribution in [0.4, 0.5) is 13.2 Å². The lowest BCUT2D eigenvalue weighted by Crippen LogP contribution is -2.59. The van der Waals surface area contributed by atoms with Crippen LogP contribution >= 0.6 is 18.9 Å². The fraction of sp³-hybridized carbons (Fsp3) is 0.586. The van der Waals surface area contributed by atoms with Crippen molar-refractivity contribution in [3.05, 3.63) is 34.7 Å². The first-order chi connectivity index (χ1) is 21.1. The van der Waals surface area contributed by atoms with Crippen molar-refractivity contribution in [3.8, 4) is 0 Å². The third kappa shape index (κ3) is 5.88. The Morgan fingerprint density at radius 1 is 1.02 bits per heavy atom.